The number of hydrogen-bond acceptors (Lipinski definition) is 1. The second-order valence-corrected chi connectivity index (χ2v) is 5.54. The lowest BCUT2D eigenvalue weighted by atomic mass is 9.85. The van der Waals surface area contributed by atoms with Crippen LogP contribution in [0.3, 0.4) is 0 Å². The van der Waals surface area contributed by atoms with E-state index in [0.717, 1.165) is 12.8 Å². The van der Waals surface area contributed by atoms with Crippen molar-refractivity contribution in [1.82, 2.24) is 0 Å². The van der Waals surface area contributed by atoms with E-state index in [1.165, 1.54) is 34.0 Å². The maximum Gasteiger partial charge on any atom is 0.0423 e. The summed E-state index contributed by atoms with van der Waals surface area (Å²) in [7, 11) is 0. The van der Waals surface area contributed by atoms with Crippen molar-refractivity contribution < 1.29 is 0 Å². The first-order valence-corrected chi connectivity index (χ1v) is 6.39. The first-order valence-electron chi connectivity index (χ1n) is 5.60. The summed E-state index contributed by atoms with van der Waals surface area (Å²) in [5.41, 5.74) is 10.4. The van der Waals surface area contributed by atoms with Gasteiger partial charge in [0, 0.05) is 10.0 Å². The van der Waals surface area contributed by atoms with E-state index >= 15 is 0 Å². The highest BCUT2D eigenvalue weighted by Gasteiger charge is 2.34. The van der Waals surface area contributed by atoms with Crippen molar-refractivity contribution in [3.05, 3.63) is 33.3 Å². The number of halogens is 1. The molecule has 0 bridgehead atoms. The maximum absolute atomic E-state index is 6.52. The Kier molecular flexibility index (Phi) is 2.91. The molecule has 82 valence electrons. The first-order chi connectivity index (χ1) is 7.04. The Morgan fingerprint density at radius 3 is 2.27 bits per heavy atom. The Balaban J connectivity index is 2.55. The van der Waals surface area contributed by atoms with E-state index in [2.05, 4.69) is 41.9 Å². The second-order valence-electron chi connectivity index (χ2n) is 4.75. The minimum atomic E-state index is -0.0884. The normalized spacial score (nSPS) is 19.5. The standard InChI is InChI=1S/C13H18BrN/c1-9-5-6-10(2)12(14)11(9)13(15)7-3-4-8-13/h5-6H,3-4,7-8,15H2,1-2H3. The topological polar surface area (TPSA) is 26.0 Å². The van der Waals surface area contributed by atoms with Crippen LogP contribution in [0.1, 0.15) is 42.4 Å². The SMILES string of the molecule is Cc1ccc(C)c(C2(N)CCCC2)c1Br. The van der Waals surface area contributed by atoms with Crippen LogP contribution >= 0.6 is 15.9 Å². The van der Waals surface area contributed by atoms with E-state index in [0.29, 0.717) is 0 Å². The van der Waals surface area contributed by atoms with Gasteiger partial charge in [0.15, 0.2) is 0 Å². The molecule has 1 fully saturated rings. The van der Waals surface area contributed by atoms with Gasteiger partial charge in [-0.3, -0.25) is 0 Å². The third-order valence-electron chi connectivity index (χ3n) is 3.54. The predicted molar refractivity (Wildman–Crippen MR) is 67.9 cm³/mol. The molecule has 1 aromatic rings. The lowest BCUT2D eigenvalue weighted by Crippen LogP contribution is -2.34. The summed E-state index contributed by atoms with van der Waals surface area (Å²) in [5.74, 6) is 0. The van der Waals surface area contributed by atoms with Crippen LogP contribution in [0.5, 0.6) is 0 Å². The highest BCUT2D eigenvalue weighted by Crippen LogP contribution is 2.42. The molecule has 0 heterocycles. The van der Waals surface area contributed by atoms with Crippen LogP contribution < -0.4 is 5.73 Å². The van der Waals surface area contributed by atoms with E-state index in [4.69, 9.17) is 5.73 Å². The third-order valence-corrected chi connectivity index (χ3v) is 4.56. The molecular weight excluding hydrogens is 250 g/mol. The smallest absolute Gasteiger partial charge is 0.0423 e. The van der Waals surface area contributed by atoms with E-state index in [-0.39, 0.29) is 5.54 Å². The molecule has 0 unspecified atom stereocenters. The summed E-state index contributed by atoms with van der Waals surface area (Å²) in [5, 5.41) is 0. The van der Waals surface area contributed by atoms with Gasteiger partial charge in [0.1, 0.15) is 0 Å². The number of aryl methyl sites for hydroxylation is 2. The number of hydrogen-bond donors (Lipinski definition) is 1. The van der Waals surface area contributed by atoms with Crippen molar-refractivity contribution in [2.45, 2.75) is 45.1 Å². The quantitative estimate of drug-likeness (QED) is 0.823. The summed E-state index contributed by atoms with van der Waals surface area (Å²) < 4.78 is 1.21. The molecule has 2 rings (SSSR count). The highest BCUT2D eigenvalue weighted by atomic mass is 79.9. The van der Waals surface area contributed by atoms with Gasteiger partial charge in [-0.1, -0.05) is 40.9 Å². The van der Waals surface area contributed by atoms with Crippen LogP contribution in [0, 0.1) is 13.8 Å². The van der Waals surface area contributed by atoms with E-state index in [1.54, 1.807) is 0 Å². The number of rotatable bonds is 1. The molecular formula is C13H18BrN. The van der Waals surface area contributed by atoms with Crippen molar-refractivity contribution in [2.75, 3.05) is 0 Å². The van der Waals surface area contributed by atoms with Crippen LogP contribution in [0.25, 0.3) is 0 Å². The minimum absolute atomic E-state index is 0.0884. The summed E-state index contributed by atoms with van der Waals surface area (Å²) in [4.78, 5) is 0. The second kappa shape index (κ2) is 3.91. The minimum Gasteiger partial charge on any atom is -0.321 e. The molecule has 1 aliphatic rings. The molecule has 1 saturated carbocycles. The number of benzene rings is 1. The molecule has 0 aliphatic heterocycles. The van der Waals surface area contributed by atoms with Gasteiger partial charge in [-0.15, -0.1) is 0 Å². The van der Waals surface area contributed by atoms with Gasteiger partial charge < -0.3 is 5.73 Å². The average Bonchev–Trinajstić information content (AvgIpc) is 2.60. The van der Waals surface area contributed by atoms with Crippen molar-refractivity contribution in [2.24, 2.45) is 5.73 Å². The molecule has 15 heavy (non-hydrogen) atoms. The fourth-order valence-electron chi connectivity index (χ4n) is 2.64. The van der Waals surface area contributed by atoms with Gasteiger partial charge in [-0.2, -0.15) is 0 Å². The molecule has 0 aromatic heterocycles. The van der Waals surface area contributed by atoms with Gasteiger partial charge in [0.25, 0.3) is 0 Å². The highest BCUT2D eigenvalue weighted by molar-refractivity contribution is 9.10. The molecule has 1 aliphatic carbocycles. The molecule has 2 heteroatoms. The van der Waals surface area contributed by atoms with Crippen molar-refractivity contribution in [3.8, 4) is 0 Å². The van der Waals surface area contributed by atoms with E-state index < -0.39 is 0 Å². The Bertz CT molecular complexity index is 378. The lowest BCUT2D eigenvalue weighted by Gasteiger charge is -2.28. The fraction of sp³-hybridized carbons (Fsp3) is 0.538. The Labute approximate surface area is 100 Å². The molecule has 1 aromatic carbocycles. The van der Waals surface area contributed by atoms with Gasteiger partial charge >= 0.3 is 0 Å². The van der Waals surface area contributed by atoms with Gasteiger partial charge in [-0.25, -0.2) is 0 Å². The van der Waals surface area contributed by atoms with Gasteiger partial charge in [0.05, 0.1) is 0 Å². The zero-order valence-corrected chi connectivity index (χ0v) is 11.0. The molecule has 1 nitrogen and oxygen atoms in total. The van der Waals surface area contributed by atoms with Crippen molar-refractivity contribution >= 4 is 15.9 Å². The van der Waals surface area contributed by atoms with Crippen LogP contribution in [0.2, 0.25) is 0 Å². The maximum atomic E-state index is 6.52. The summed E-state index contributed by atoms with van der Waals surface area (Å²) in [6, 6.07) is 4.34. The summed E-state index contributed by atoms with van der Waals surface area (Å²) in [6.45, 7) is 4.29. The molecule has 2 N–H and O–H groups in total. The average molecular weight is 268 g/mol. The van der Waals surface area contributed by atoms with Crippen molar-refractivity contribution in [1.29, 1.82) is 0 Å². The van der Waals surface area contributed by atoms with Crippen molar-refractivity contribution in [3.63, 3.8) is 0 Å². The summed E-state index contributed by atoms with van der Waals surface area (Å²) in [6.07, 6.45) is 4.76. The monoisotopic (exact) mass is 267 g/mol. The third kappa shape index (κ3) is 1.85. The predicted octanol–water partition coefficient (Wildman–Crippen LogP) is 3.79. The van der Waals surface area contributed by atoms with Crippen LogP contribution in [0.15, 0.2) is 16.6 Å². The molecule has 0 amide bonds. The number of nitrogens with two attached hydrogens (primary N) is 1. The molecule has 0 saturated heterocycles. The van der Waals surface area contributed by atoms with Crippen LogP contribution in [-0.2, 0) is 5.54 Å². The van der Waals surface area contributed by atoms with Crippen LogP contribution in [-0.4, -0.2) is 0 Å². The first kappa shape index (κ1) is 11.2. The summed E-state index contributed by atoms with van der Waals surface area (Å²) >= 11 is 3.70. The molecule has 0 spiro atoms. The molecule has 0 radical (unpaired) electrons. The Morgan fingerprint density at radius 1 is 1.13 bits per heavy atom. The molecule has 0 atom stereocenters. The van der Waals surface area contributed by atoms with Gasteiger partial charge in [0.2, 0.25) is 0 Å². The van der Waals surface area contributed by atoms with Gasteiger partial charge in [-0.05, 0) is 43.4 Å². The van der Waals surface area contributed by atoms with Crippen LogP contribution in [0.4, 0.5) is 0 Å². The van der Waals surface area contributed by atoms with E-state index in [9.17, 15) is 0 Å². The largest absolute Gasteiger partial charge is 0.321 e. The zero-order chi connectivity index (χ0) is 11.1. The fourth-order valence-corrected chi connectivity index (χ4v) is 3.48. The van der Waals surface area contributed by atoms with E-state index in [1.807, 2.05) is 0 Å². The lowest BCUT2D eigenvalue weighted by molar-refractivity contribution is 0.456. The zero-order valence-electron chi connectivity index (χ0n) is 9.44. The Morgan fingerprint density at radius 2 is 1.67 bits per heavy atom. The Hall–Kier alpha value is -0.340.